The van der Waals surface area contributed by atoms with Gasteiger partial charge in [0.1, 0.15) is 17.2 Å². The number of nitrogens with one attached hydrogen (secondary N) is 2. The van der Waals surface area contributed by atoms with Crippen molar-refractivity contribution in [2.75, 3.05) is 15.6 Å². The Labute approximate surface area is 389 Å². The first-order valence-electron chi connectivity index (χ1n) is 21.2. The van der Waals surface area contributed by atoms with E-state index in [2.05, 4.69) is 32.9 Å². The second kappa shape index (κ2) is 23.2. The normalized spacial score (nSPS) is 14.5. The maximum Gasteiger partial charge on any atom is 0.307 e. The Morgan fingerprint density at radius 1 is 0.841 bits per heavy atom. The highest BCUT2D eigenvalue weighted by atomic mass is 35.5. The second-order valence-corrected chi connectivity index (χ2v) is 18.2. The van der Waals surface area contributed by atoms with Crippen LogP contribution in [0.4, 0.5) is 22.7 Å². The lowest BCUT2D eigenvalue weighted by molar-refractivity contribution is -0.136. The number of aliphatic carboxylic acids is 1. The van der Waals surface area contributed by atoms with Crippen molar-refractivity contribution in [1.29, 1.82) is 0 Å². The number of azo groups is 1. The molecule has 12 nitrogen and oxygen atoms in total. The Balaban J connectivity index is 1.37. The summed E-state index contributed by atoms with van der Waals surface area (Å²) in [5, 5.41) is 40.5. The Morgan fingerprint density at radius 2 is 1.48 bits per heavy atom. The fourth-order valence-corrected chi connectivity index (χ4v) is 8.13. The van der Waals surface area contributed by atoms with E-state index < -0.39 is 24.0 Å². The second-order valence-electron chi connectivity index (χ2n) is 16.5. The summed E-state index contributed by atoms with van der Waals surface area (Å²) in [4.78, 5) is 39.2. The van der Waals surface area contributed by atoms with Crippen molar-refractivity contribution in [3.63, 3.8) is 0 Å². The predicted molar refractivity (Wildman–Crippen MR) is 254 cm³/mol. The van der Waals surface area contributed by atoms with Crippen molar-refractivity contribution in [1.82, 2.24) is 0 Å². The maximum absolute atomic E-state index is 14.1. The number of carboxylic acid groups (broad SMARTS) is 1. The van der Waals surface area contributed by atoms with Crippen LogP contribution in [0, 0.1) is 0 Å². The molecule has 1 heterocycles. The van der Waals surface area contributed by atoms with Gasteiger partial charge in [-0.2, -0.15) is 15.2 Å². The van der Waals surface area contributed by atoms with Crippen LogP contribution >= 0.6 is 46.4 Å². The van der Waals surface area contributed by atoms with Gasteiger partial charge in [-0.1, -0.05) is 144 Å². The number of hydrogen-bond donors (Lipinski definition) is 4. The molecule has 1 aliphatic rings. The van der Waals surface area contributed by atoms with Crippen molar-refractivity contribution in [3.8, 4) is 11.5 Å². The molecule has 2 amide bonds. The molecule has 0 saturated heterocycles. The number of unbranched alkanes of at least 4 members (excludes halogenated alkanes) is 9. The van der Waals surface area contributed by atoms with Crippen LogP contribution in [0.15, 0.2) is 88.1 Å². The van der Waals surface area contributed by atoms with Gasteiger partial charge in [0.15, 0.2) is 11.9 Å². The molecule has 4 aromatic rings. The quantitative estimate of drug-likeness (QED) is 0.0477. The van der Waals surface area contributed by atoms with Gasteiger partial charge in [0.25, 0.3) is 11.8 Å². The number of nitrogens with zero attached hydrogens (tertiary/aromatic N) is 4. The highest BCUT2D eigenvalue weighted by Crippen LogP contribution is 2.40. The van der Waals surface area contributed by atoms with Crippen LogP contribution in [0.5, 0.6) is 11.5 Å². The number of ether oxygens (including phenoxy) is 1. The minimum Gasteiger partial charge on any atom is -0.508 e. The number of phenols is 1. The third-order valence-corrected chi connectivity index (χ3v) is 11.5. The number of carbonyl (C=O) groups is 3. The molecule has 0 aliphatic carbocycles. The lowest BCUT2D eigenvalue weighted by Gasteiger charge is -2.23. The summed E-state index contributed by atoms with van der Waals surface area (Å²) in [5.41, 5.74) is 2.01. The molecular weight excluding hydrogens is 886 g/mol. The SMILES string of the molecule is CCCCCCCCCCCCC(Oc1ccc(O)c(C(C)(C)C)c1)C(=O)Nc1ccc(Cl)c(NC2=NN(c3c(Cl)cc(Cl)cc3Cl)C(=O)C2N=Nc2ccc(CC(=O)O)cc2)c1. The average molecular weight is 941 g/mol. The number of carboxylic acids is 1. The van der Waals surface area contributed by atoms with Crippen LogP contribution in [0.3, 0.4) is 0 Å². The van der Waals surface area contributed by atoms with Crippen molar-refractivity contribution in [2.45, 2.75) is 122 Å². The highest BCUT2D eigenvalue weighted by molar-refractivity contribution is 6.43. The molecule has 16 heteroatoms. The zero-order valence-corrected chi connectivity index (χ0v) is 38.9. The molecule has 0 fully saturated rings. The number of hydrazone groups is 1. The molecule has 2 atom stereocenters. The highest BCUT2D eigenvalue weighted by Gasteiger charge is 2.40. The van der Waals surface area contributed by atoms with Gasteiger partial charge >= 0.3 is 5.97 Å². The number of amidine groups is 1. The van der Waals surface area contributed by atoms with Gasteiger partial charge < -0.3 is 25.6 Å². The van der Waals surface area contributed by atoms with Crippen LogP contribution in [0.1, 0.15) is 109 Å². The number of hydrogen-bond acceptors (Lipinski definition) is 9. The molecule has 0 aromatic heterocycles. The third-order valence-electron chi connectivity index (χ3n) is 10.3. The van der Waals surface area contributed by atoms with E-state index in [0.717, 1.165) is 30.7 Å². The summed E-state index contributed by atoms with van der Waals surface area (Å²) < 4.78 is 6.37. The Morgan fingerprint density at radius 3 is 2.10 bits per heavy atom. The first kappa shape index (κ1) is 49.1. The number of amides is 2. The number of phenolic OH excluding ortho intramolecular Hbond substituents is 1. The van der Waals surface area contributed by atoms with Crippen LogP contribution in [0.2, 0.25) is 20.1 Å². The van der Waals surface area contributed by atoms with Crippen LogP contribution in [-0.4, -0.2) is 46.0 Å². The van der Waals surface area contributed by atoms with Gasteiger partial charge in [-0.25, -0.2) is 0 Å². The number of halogens is 4. The van der Waals surface area contributed by atoms with Crippen molar-refractivity contribution >= 4 is 92.8 Å². The molecule has 0 spiro atoms. The fourth-order valence-electron chi connectivity index (χ4n) is 6.99. The Kier molecular flexibility index (Phi) is 18.1. The lowest BCUT2D eigenvalue weighted by atomic mass is 9.86. The molecule has 0 radical (unpaired) electrons. The van der Waals surface area contributed by atoms with Crippen molar-refractivity contribution < 1.29 is 29.3 Å². The molecule has 4 N–H and O–H groups in total. The summed E-state index contributed by atoms with van der Waals surface area (Å²) in [7, 11) is 0. The molecule has 63 heavy (non-hydrogen) atoms. The van der Waals surface area contributed by atoms with E-state index in [4.69, 9.17) is 56.2 Å². The minimum atomic E-state index is -1.33. The average Bonchev–Trinajstić information content (AvgIpc) is 3.51. The third kappa shape index (κ3) is 14.3. The summed E-state index contributed by atoms with van der Waals surface area (Å²) in [6.45, 7) is 8.20. The minimum absolute atomic E-state index is 0.0165. The number of anilines is 3. The zero-order chi connectivity index (χ0) is 45.7. The van der Waals surface area contributed by atoms with E-state index >= 15 is 0 Å². The number of benzene rings is 4. The van der Waals surface area contributed by atoms with Gasteiger partial charge in [-0.3, -0.25) is 14.4 Å². The van der Waals surface area contributed by atoms with Gasteiger partial charge in [-0.15, -0.1) is 5.10 Å². The molecule has 2 unspecified atom stereocenters. The first-order valence-corrected chi connectivity index (χ1v) is 22.7. The maximum atomic E-state index is 14.1. The van der Waals surface area contributed by atoms with E-state index in [1.54, 1.807) is 60.7 Å². The van der Waals surface area contributed by atoms with Gasteiger partial charge in [0.2, 0.25) is 6.04 Å². The Hall–Kier alpha value is -4.88. The lowest BCUT2D eigenvalue weighted by Crippen LogP contribution is -2.33. The molecule has 4 aromatic carbocycles. The fraction of sp³-hybridized carbons (Fsp3) is 0.404. The summed E-state index contributed by atoms with van der Waals surface area (Å²) in [5.74, 6) is -1.37. The van der Waals surface area contributed by atoms with E-state index in [9.17, 15) is 19.5 Å². The molecule has 1 aliphatic heterocycles. The van der Waals surface area contributed by atoms with Gasteiger partial charge in [-0.05, 0) is 84.5 Å². The molecule has 5 rings (SSSR count). The van der Waals surface area contributed by atoms with Crippen LogP contribution in [0.25, 0.3) is 0 Å². The first-order chi connectivity index (χ1) is 30.0. The zero-order valence-electron chi connectivity index (χ0n) is 35.9. The van der Waals surface area contributed by atoms with Crippen molar-refractivity contribution in [2.24, 2.45) is 15.3 Å². The monoisotopic (exact) mass is 938 g/mol. The standard InChI is InChI=1S/C47H54Cl4N6O6/c1-5-6-7-8-9-10-11-12-13-14-15-40(63-33-21-23-39(58)34(28-33)47(2,3)4)45(61)52-32-20-22-35(49)38(27-32)53-44-42(55-54-31-18-16-29(17-19-31)24-41(59)60)46(62)57(56-44)43-36(50)25-30(48)26-37(43)51/h16-23,25-28,40,42,58H,5-15,24H2,1-4H3,(H,52,61)(H,53,56)(H,59,60). The largest absolute Gasteiger partial charge is 0.508 e. The topological polar surface area (TPSA) is 165 Å². The Bertz CT molecular complexity index is 2280. The molecule has 336 valence electrons. The molecule has 0 bridgehead atoms. The summed E-state index contributed by atoms with van der Waals surface area (Å²) in [6.07, 6.45) is 10.9. The predicted octanol–water partition coefficient (Wildman–Crippen LogP) is 13.6. The van der Waals surface area contributed by atoms with E-state index in [0.29, 0.717) is 34.7 Å². The van der Waals surface area contributed by atoms with Crippen LogP contribution in [-0.2, 0) is 26.2 Å². The van der Waals surface area contributed by atoms with Crippen LogP contribution < -0.4 is 20.4 Å². The van der Waals surface area contributed by atoms with E-state index in [1.165, 1.54) is 50.7 Å². The van der Waals surface area contributed by atoms with E-state index in [1.807, 2.05) is 20.8 Å². The summed E-state index contributed by atoms with van der Waals surface area (Å²) >= 11 is 25.9. The van der Waals surface area contributed by atoms with Crippen molar-refractivity contribution in [3.05, 3.63) is 104 Å². The van der Waals surface area contributed by atoms with E-state index in [-0.39, 0.29) is 60.8 Å². The number of aromatic hydroxyl groups is 1. The van der Waals surface area contributed by atoms with Gasteiger partial charge in [0, 0.05) is 16.3 Å². The van der Waals surface area contributed by atoms with Gasteiger partial charge in [0.05, 0.1) is 32.9 Å². The summed E-state index contributed by atoms with van der Waals surface area (Å²) in [6, 6.07) is 17.7. The number of rotatable bonds is 21. The number of carbonyl (C=O) groups excluding carboxylic acids is 2. The molecular formula is C47H54Cl4N6O6. The smallest absolute Gasteiger partial charge is 0.307 e. The molecule has 0 saturated carbocycles.